The highest BCUT2D eigenvalue weighted by Crippen LogP contribution is 2.18. The average molecular weight is 186 g/mol. The molecule has 1 aromatic carbocycles. The minimum Gasteiger partial charge on any atom is -0.272 e. The van der Waals surface area contributed by atoms with Crippen LogP contribution < -0.4 is 0 Å². The van der Waals surface area contributed by atoms with E-state index in [2.05, 4.69) is 30.2 Å². The molecular formula is C12H14N2. The minimum absolute atomic E-state index is 1.02. The molecule has 0 saturated carbocycles. The van der Waals surface area contributed by atoms with E-state index in [1.807, 2.05) is 29.9 Å². The third kappa shape index (κ3) is 1.55. The van der Waals surface area contributed by atoms with Gasteiger partial charge in [0.1, 0.15) is 0 Å². The molecule has 0 unspecified atom stereocenters. The monoisotopic (exact) mass is 186 g/mol. The summed E-state index contributed by atoms with van der Waals surface area (Å²) >= 11 is 0. The largest absolute Gasteiger partial charge is 0.272 e. The maximum absolute atomic E-state index is 4.47. The Bertz CT molecular complexity index is 415. The van der Waals surface area contributed by atoms with Crippen LogP contribution in [0.1, 0.15) is 12.6 Å². The predicted octanol–water partition coefficient (Wildman–Crippen LogP) is 2.65. The lowest BCUT2D eigenvalue weighted by molar-refractivity contribution is 0.720. The number of aromatic nitrogens is 2. The van der Waals surface area contributed by atoms with Crippen LogP contribution in [0.15, 0.2) is 36.4 Å². The van der Waals surface area contributed by atoms with Gasteiger partial charge >= 0.3 is 0 Å². The quantitative estimate of drug-likeness (QED) is 0.705. The maximum Gasteiger partial charge on any atom is 0.0925 e. The fourth-order valence-electron chi connectivity index (χ4n) is 1.59. The Balaban J connectivity index is 2.43. The Labute approximate surface area is 84.2 Å². The summed E-state index contributed by atoms with van der Waals surface area (Å²) in [6.07, 6.45) is 1.02. The zero-order valence-corrected chi connectivity index (χ0v) is 8.57. The number of nitrogens with zero attached hydrogens (tertiary/aromatic N) is 2. The maximum atomic E-state index is 4.47. The number of benzene rings is 1. The second-order valence-corrected chi connectivity index (χ2v) is 3.36. The van der Waals surface area contributed by atoms with Crippen LogP contribution >= 0.6 is 0 Å². The van der Waals surface area contributed by atoms with Gasteiger partial charge in [0.05, 0.1) is 5.69 Å². The van der Waals surface area contributed by atoms with E-state index in [1.165, 1.54) is 11.3 Å². The van der Waals surface area contributed by atoms with E-state index < -0.39 is 0 Å². The zero-order chi connectivity index (χ0) is 9.97. The van der Waals surface area contributed by atoms with Gasteiger partial charge in [-0.05, 0) is 12.5 Å². The fourth-order valence-corrected chi connectivity index (χ4v) is 1.59. The van der Waals surface area contributed by atoms with Crippen molar-refractivity contribution in [1.82, 2.24) is 9.78 Å². The minimum atomic E-state index is 1.02. The zero-order valence-electron chi connectivity index (χ0n) is 8.57. The molecule has 2 aromatic rings. The van der Waals surface area contributed by atoms with Gasteiger partial charge in [0.2, 0.25) is 0 Å². The molecule has 14 heavy (non-hydrogen) atoms. The molecule has 0 spiro atoms. The van der Waals surface area contributed by atoms with Crippen molar-refractivity contribution in [3.8, 4) is 11.3 Å². The van der Waals surface area contributed by atoms with Crippen molar-refractivity contribution in [3.63, 3.8) is 0 Å². The first kappa shape index (κ1) is 9.00. The standard InChI is InChI=1S/C12H14N2/c1-3-11-9-12(13-14(11)2)10-7-5-4-6-8-10/h4-9H,3H2,1-2H3. The highest BCUT2D eigenvalue weighted by Gasteiger charge is 2.04. The Morgan fingerprint density at radius 3 is 2.50 bits per heavy atom. The van der Waals surface area contributed by atoms with Crippen LogP contribution in [-0.2, 0) is 13.5 Å². The first-order valence-corrected chi connectivity index (χ1v) is 4.89. The van der Waals surface area contributed by atoms with E-state index in [4.69, 9.17) is 0 Å². The van der Waals surface area contributed by atoms with Crippen LogP contribution in [0.5, 0.6) is 0 Å². The molecule has 1 aromatic heterocycles. The van der Waals surface area contributed by atoms with Crippen LogP contribution in [-0.4, -0.2) is 9.78 Å². The van der Waals surface area contributed by atoms with Gasteiger partial charge in [-0.1, -0.05) is 37.3 Å². The lowest BCUT2D eigenvalue weighted by Gasteiger charge is -1.94. The lowest BCUT2D eigenvalue weighted by atomic mass is 10.1. The molecule has 0 bridgehead atoms. The molecule has 0 aliphatic carbocycles. The van der Waals surface area contributed by atoms with Crippen molar-refractivity contribution in [2.24, 2.45) is 7.05 Å². The Kier molecular flexibility index (Phi) is 2.35. The van der Waals surface area contributed by atoms with Gasteiger partial charge in [0, 0.05) is 18.3 Å². The van der Waals surface area contributed by atoms with Crippen molar-refractivity contribution in [1.29, 1.82) is 0 Å². The summed E-state index contributed by atoms with van der Waals surface area (Å²) in [7, 11) is 1.99. The van der Waals surface area contributed by atoms with Crippen LogP contribution in [0.25, 0.3) is 11.3 Å². The van der Waals surface area contributed by atoms with Gasteiger partial charge in [-0.25, -0.2) is 0 Å². The lowest BCUT2D eigenvalue weighted by Crippen LogP contribution is -1.95. The summed E-state index contributed by atoms with van der Waals surface area (Å²) in [5, 5.41) is 4.47. The molecule has 2 nitrogen and oxygen atoms in total. The molecule has 2 rings (SSSR count). The van der Waals surface area contributed by atoms with Gasteiger partial charge in [-0.2, -0.15) is 5.10 Å². The molecule has 72 valence electrons. The Hall–Kier alpha value is -1.57. The normalized spacial score (nSPS) is 10.4. The topological polar surface area (TPSA) is 17.8 Å². The van der Waals surface area contributed by atoms with Crippen molar-refractivity contribution in [2.75, 3.05) is 0 Å². The number of hydrogen-bond acceptors (Lipinski definition) is 1. The second-order valence-electron chi connectivity index (χ2n) is 3.36. The summed E-state index contributed by atoms with van der Waals surface area (Å²) in [6.45, 7) is 2.14. The number of rotatable bonds is 2. The third-order valence-electron chi connectivity index (χ3n) is 2.41. The summed E-state index contributed by atoms with van der Waals surface area (Å²) in [5.41, 5.74) is 3.51. The molecule has 0 aliphatic rings. The molecule has 1 heterocycles. The first-order valence-electron chi connectivity index (χ1n) is 4.89. The van der Waals surface area contributed by atoms with Crippen molar-refractivity contribution in [2.45, 2.75) is 13.3 Å². The van der Waals surface area contributed by atoms with E-state index in [-0.39, 0.29) is 0 Å². The first-order chi connectivity index (χ1) is 6.81. The van der Waals surface area contributed by atoms with Gasteiger partial charge in [-0.3, -0.25) is 4.68 Å². The average Bonchev–Trinajstić information content (AvgIpc) is 2.61. The molecular weight excluding hydrogens is 172 g/mol. The van der Waals surface area contributed by atoms with Gasteiger partial charge in [0.25, 0.3) is 0 Å². The Morgan fingerprint density at radius 1 is 1.21 bits per heavy atom. The Morgan fingerprint density at radius 2 is 1.93 bits per heavy atom. The van der Waals surface area contributed by atoms with E-state index in [9.17, 15) is 0 Å². The molecule has 0 saturated heterocycles. The molecule has 0 amide bonds. The molecule has 0 aliphatic heterocycles. The van der Waals surface area contributed by atoms with E-state index in [0.717, 1.165) is 12.1 Å². The van der Waals surface area contributed by atoms with E-state index in [1.54, 1.807) is 0 Å². The third-order valence-corrected chi connectivity index (χ3v) is 2.41. The van der Waals surface area contributed by atoms with Crippen LogP contribution in [0, 0.1) is 0 Å². The highest BCUT2D eigenvalue weighted by molar-refractivity contribution is 5.59. The summed E-state index contributed by atoms with van der Waals surface area (Å²) in [4.78, 5) is 0. The van der Waals surface area contributed by atoms with Crippen LogP contribution in [0.4, 0.5) is 0 Å². The van der Waals surface area contributed by atoms with Crippen LogP contribution in [0.3, 0.4) is 0 Å². The van der Waals surface area contributed by atoms with Crippen molar-refractivity contribution in [3.05, 3.63) is 42.1 Å². The molecule has 2 heteroatoms. The SMILES string of the molecule is CCc1cc(-c2ccccc2)nn1C. The molecule has 0 N–H and O–H groups in total. The summed E-state index contributed by atoms with van der Waals surface area (Å²) in [5.74, 6) is 0. The molecule has 0 radical (unpaired) electrons. The number of aryl methyl sites for hydroxylation is 2. The van der Waals surface area contributed by atoms with Gasteiger partial charge in [0.15, 0.2) is 0 Å². The second kappa shape index (κ2) is 3.66. The smallest absolute Gasteiger partial charge is 0.0925 e. The van der Waals surface area contributed by atoms with Gasteiger partial charge < -0.3 is 0 Å². The molecule has 0 fully saturated rings. The van der Waals surface area contributed by atoms with E-state index in [0.29, 0.717) is 0 Å². The predicted molar refractivity (Wildman–Crippen MR) is 58.0 cm³/mol. The van der Waals surface area contributed by atoms with Crippen molar-refractivity contribution >= 4 is 0 Å². The van der Waals surface area contributed by atoms with E-state index >= 15 is 0 Å². The van der Waals surface area contributed by atoms with Crippen molar-refractivity contribution < 1.29 is 0 Å². The summed E-state index contributed by atoms with van der Waals surface area (Å²) in [6, 6.07) is 12.4. The summed E-state index contributed by atoms with van der Waals surface area (Å²) < 4.78 is 1.95. The molecule has 0 atom stereocenters. The highest BCUT2D eigenvalue weighted by atomic mass is 15.3. The number of hydrogen-bond donors (Lipinski definition) is 0. The van der Waals surface area contributed by atoms with Gasteiger partial charge in [-0.15, -0.1) is 0 Å². The van der Waals surface area contributed by atoms with Crippen LogP contribution in [0.2, 0.25) is 0 Å². The fraction of sp³-hybridized carbons (Fsp3) is 0.250.